The summed E-state index contributed by atoms with van der Waals surface area (Å²) in [5.74, 6) is 0.375. The Morgan fingerprint density at radius 1 is 1.38 bits per heavy atom. The summed E-state index contributed by atoms with van der Waals surface area (Å²) in [7, 11) is 0. The lowest BCUT2D eigenvalue weighted by Crippen LogP contribution is -2.32. The number of thioether (sulfide) groups is 1. The van der Waals surface area contributed by atoms with Crippen LogP contribution in [0.3, 0.4) is 0 Å². The van der Waals surface area contributed by atoms with Crippen LogP contribution in [-0.4, -0.2) is 40.5 Å². The first-order chi connectivity index (χ1) is 11.6. The van der Waals surface area contributed by atoms with E-state index in [1.54, 1.807) is 6.20 Å². The minimum Gasteiger partial charge on any atom is -0.376 e. The van der Waals surface area contributed by atoms with Crippen LogP contribution in [0.1, 0.15) is 24.0 Å². The topological polar surface area (TPSA) is 56.2 Å². The largest absolute Gasteiger partial charge is 0.376 e. The second-order valence-electron chi connectivity index (χ2n) is 6.15. The lowest BCUT2D eigenvalue weighted by molar-refractivity contribution is -0.119. The van der Waals surface area contributed by atoms with Crippen LogP contribution in [0.5, 0.6) is 0 Å². The Hall–Kier alpha value is -1.79. The Bertz CT molecular complexity index is 688. The van der Waals surface area contributed by atoms with Crippen molar-refractivity contribution in [2.45, 2.75) is 37.9 Å². The SMILES string of the molecule is Cc1cc(C)cc(-n2ccnc2SCC(=O)NC[C@H]2CCCO2)c1. The van der Waals surface area contributed by atoms with Gasteiger partial charge in [-0.2, -0.15) is 0 Å². The molecule has 2 heterocycles. The van der Waals surface area contributed by atoms with Gasteiger partial charge in [-0.1, -0.05) is 17.8 Å². The van der Waals surface area contributed by atoms with Crippen molar-refractivity contribution >= 4 is 17.7 Å². The number of imidazole rings is 1. The molecule has 1 fully saturated rings. The number of aryl methyl sites for hydroxylation is 2. The molecule has 2 aromatic rings. The fourth-order valence-corrected chi connectivity index (χ4v) is 3.70. The van der Waals surface area contributed by atoms with Gasteiger partial charge in [0, 0.05) is 31.2 Å². The summed E-state index contributed by atoms with van der Waals surface area (Å²) in [4.78, 5) is 16.4. The number of carbonyl (C=O) groups excluding carboxylic acids is 1. The number of nitrogens with zero attached hydrogens (tertiary/aromatic N) is 2. The zero-order valence-electron chi connectivity index (χ0n) is 14.1. The minimum atomic E-state index is 0.0190. The van der Waals surface area contributed by atoms with Crippen LogP contribution >= 0.6 is 11.8 Å². The van der Waals surface area contributed by atoms with E-state index in [1.807, 2.05) is 10.8 Å². The molecule has 1 aliphatic heterocycles. The first-order valence-corrected chi connectivity index (χ1v) is 9.23. The van der Waals surface area contributed by atoms with E-state index in [-0.39, 0.29) is 12.0 Å². The number of hydrogen-bond acceptors (Lipinski definition) is 4. The van der Waals surface area contributed by atoms with Crippen LogP contribution in [0.15, 0.2) is 35.7 Å². The summed E-state index contributed by atoms with van der Waals surface area (Å²) < 4.78 is 7.54. The molecule has 0 bridgehead atoms. The second-order valence-corrected chi connectivity index (χ2v) is 7.10. The van der Waals surface area contributed by atoms with E-state index in [2.05, 4.69) is 42.3 Å². The van der Waals surface area contributed by atoms with E-state index < -0.39 is 0 Å². The smallest absolute Gasteiger partial charge is 0.230 e. The number of nitrogens with one attached hydrogen (secondary N) is 1. The highest BCUT2D eigenvalue weighted by atomic mass is 32.2. The van der Waals surface area contributed by atoms with Gasteiger partial charge in [0.1, 0.15) is 0 Å². The summed E-state index contributed by atoms with van der Waals surface area (Å²) in [5, 5.41) is 3.77. The van der Waals surface area contributed by atoms with Crippen molar-refractivity contribution in [2.75, 3.05) is 18.9 Å². The molecule has 0 unspecified atom stereocenters. The molecule has 1 saturated heterocycles. The van der Waals surface area contributed by atoms with E-state index in [4.69, 9.17) is 4.74 Å². The van der Waals surface area contributed by atoms with Gasteiger partial charge in [-0.3, -0.25) is 9.36 Å². The molecule has 0 saturated carbocycles. The molecule has 128 valence electrons. The van der Waals surface area contributed by atoms with Crippen molar-refractivity contribution in [1.82, 2.24) is 14.9 Å². The quantitative estimate of drug-likeness (QED) is 0.818. The van der Waals surface area contributed by atoms with Crippen LogP contribution in [0.25, 0.3) is 5.69 Å². The van der Waals surface area contributed by atoms with Crippen LogP contribution in [0.2, 0.25) is 0 Å². The van der Waals surface area contributed by atoms with E-state index in [0.717, 1.165) is 30.3 Å². The third-order valence-electron chi connectivity index (χ3n) is 3.97. The maximum Gasteiger partial charge on any atom is 0.230 e. The van der Waals surface area contributed by atoms with E-state index in [0.29, 0.717) is 12.3 Å². The normalized spacial score (nSPS) is 17.2. The molecule has 24 heavy (non-hydrogen) atoms. The highest BCUT2D eigenvalue weighted by Gasteiger charge is 2.16. The molecule has 1 aromatic heterocycles. The number of rotatable bonds is 6. The van der Waals surface area contributed by atoms with Gasteiger partial charge in [-0.15, -0.1) is 0 Å². The Morgan fingerprint density at radius 3 is 2.88 bits per heavy atom. The average molecular weight is 345 g/mol. The molecular formula is C18H23N3O2S. The Kier molecular flexibility index (Phi) is 5.58. The molecular weight excluding hydrogens is 322 g/mol. The predicted molar refractivity (Wildman–Crippen MR) is 95.7 cm³/mol. The Morgan fingerprint density at radius 2 is 2.17 bits per heavy atom. The molecule has 6 heteroatoms. The van der Waals surface area contributed by atoms with Gasteiger partial charge in [0.2, 0.25) is 5.91 Å². The van der Waals surface area contributed by atoms with Gasteiger partial charge in [0.05, 0.1) is 11.9 Å². The summed E-state index contributed by atoms with van der Waals surface area (Å²) in [6.07, 6.45) is 5.99. The second kappa shape index (κ2) is 7.85. The van der Waals surface area contributed by atoms with Crippen molar-refractivity contribution in [1.29, 1.82) is 0 Å². The zero-order chi connectivity index (χ0) is 16.9. The van der Waals surface area contributed by atoms with Crippen molar-refractivity contribution in [3.05, 3.63) is 41.7 Å². The fraction of sp³-hybridized carbons (Fsp3) is 0.444. The minimum absolute atomic E-state index is 0.0190. The number of amides is 1. The van der Waals surface area contributed by atoms with Crippen LogP contribution in [-0.2, 0) is 9.53 Å². The summed E-state index contributed by atoms with van der Waals surface area (Å²) in [6.45, 7) is 5.57. The molecule has 1 amide bonds. The van der Waals surface area contributed by atoms with Gasteiger partial charge < -0.3 is 10.1 Å². The maximum atomic E-state index is 12.0. The number of aromatic nitrogens is 2. The summed E-state index contributed by atoms with van der Waals surface area (Å²) >= 11 is 1.45. The van der Waals surface area contributed by atoms with E-state index in [9.17, 15) is 4.79 Å². The van der Waals surface area contributed by atoms with Gasteiger partial charge in [0.25, 0.3) is 0 Å². The van der Waals surface area contributed by atoms with Gasteiger partial charge in [-0.05, 0) is 49.9 Å². The molecule has 0 radical (unpaired) electrons. The molecule has 5 nitrogen and oxygen atoms in total. The van der Waals surface area contributed by atoms with E-state index in [1.165, 1.54) is 22.9 Å². The third-order valence-corrected chi connectivity index (χ3v) is 4.94. The lowest BCUT2D eigenvalue weighted by Gasteiger charge is -2.11. The molecule has 0 aliphatic carbocycles. The Labute approximate surface area is 146 Å². The molecule has 1 atom stereocenters. The van der Waals surface area contributed by atoms with Crippen molar-refractivity contribution in [3.63, 3.8) is 0 Å². The standard InChI is InChI=1S/C18H23N3O2S/c1-13-8-14(2)10-15(9-13)21-6-5-19-18(21)24-12-17(22)20-11-16-4-3-7-23-16/h5-6,8-10,16H,3-4,7,11-12H2,1-2H3,(H,20,22)/t16-/m1/s1. The molecule has 1 aromatic carbocycles. The van der Waals surface area contributed by atoms with Crippen molar-refractivity contribution in [3.8, 4) is 5.69 Å². The summed E-state index contributed by atoms with van der Waals surface area (Å²) in [5.41, 5.74) is 3.50. The van der Waals surface area contributed by atoms with Crippen LogP contribution < -0.4 is 5.32 Å². The number of hydrogen-bond donors (Lipinski definition) is 1. The number of carbonyl (C=O) groups is 1. The zero-order valence-corrected chi connectivity index (χ0v) is 14.9. The van der Waals surface area contributed by atoms with Crippen LogP contribution in [0.4, 0.5) is 0 Å². The number of benzene rings is 1. The van der Waals surface area contributed by atoms with E-state index >= 15 is 0 Å². The molecule has 1 N–H and O–H groups in total. The van der Waals surface area contributed by atoms with Gasteiger partial charge >= 0.3 is 0 Å². The fourth-order valence-electron chi connectivity index (χ4n) is 2.90. The van der Waals surface area contributed by atoms with Crippen molar-refractivity contribution in [2.24, 2.45) is 0 Å². The number of ether oxygens (including phenoxy) is 1. The Balaban J connectivity index is 1.58. The molecule has 1 aliphatic rings. The molecule has 3 rings (SSSR count). The third kappa shape index (κ3) is 4.39. The van der Waals surface area contributed by atoms with Crippen LogP contribution in [0, 0.1) is 13.8 Å². The highest BCUT2D eigenvalue weighted by Crippen LogP contribution is 2.22. The predicted octanol–water partition coefficient (Wildman–Crippen LogP) is 2.88. The lowest BCUT2D eigenvalue weighted by atomic mass is 10.1. The van der Waals surface area contributed by atoms with Crippen molar-refractivity contribution < 1.29 is 9.53 Å². The molecule has 0 spiro atoms. The summed E-state index contributed by atoms with van der Waals surface area (Å²) in [6, 6.07) is 6.39. The first-order valence-electron chi connectivity index (χ1n) is 8.25. The van der Waals surface area contributed by atoms with Gasteiger partial charge in [0.15, 0.2) is 5.16 Å². The maximum absolute atomic E-state index is 12.0. The first kappa shape index (κ1) is 17.0. The highest BCUT2D eigenvalue weighted by molar-refractivity contribution is 7.99. The average Bonchev–Trinajstić information content (AvgIpc) is 3.21. The monoisotopic (exact) mass is 345 g/mol. The van der Waals surface area contributed by atoms with Gasteiger partial charge in [-0.25, -0.2) is 4.98 Å².